The Morgan fingerprint density at radius 3 is 3.00 bits per heavy atom. The van der Waals surface area contributed by atoms with Gasteiger partial charge in [-0.1, -0.05) is 11.8 Å². The number of hydrogen-bond donors (Lipinski definition) is 0. The molecule has 3 rings (SSSR count). The number of ether oxygens (including phenoxy) is 1. The highest BCUT2D eigenvalue weighted by molar-refractivity contribution is 7.99. The van der Waals surface area contributed by atoms with Crippen molar-refractivity contribution in [3.8, 4) is 11.6 Å². The zero-order valence-corrected chi connectivity index (χ0v) is 15.7. The summed E-state index contributed by atoms with van der Waals surface area (Å²) < 4.78 is 12.2. The number of rotatable bonds is 6. The van der Waals surface area contributed by atoms with E-state index >= 15 is 0 Å². The summed E-state index contributed by atoms with van der Waals surface area (Å²) in [5, 5.41) is 8.89. The van der Waals surface area contributed by atoms with Crippen LogP contribution in [0.3, 0.4) is 0 Å². The van der Waals surface area contributed by atoms with Crippen LogP contribution in [0.5, 0.6) is 0 Å². The van der Waals surface area contributed by atoms with Gasteiger partial charge in [-0.05, 0) is 31.9 Å². The van der Waals surface area contributed by atoms with Gasteiger partial charge in [0, 0.05) is 20.1 Å². The Morgan fingerprint density at radius 2 is 2.27 bits per heavy atom. The van der Waals surface area contributed by atoms with Crippen molar-refractivity contribution in [1.29, 1.82) is 0 Å². The van der Waals surface area contributed by atoms with Crippen molar-refractivity contribution >= 4 is 23.6 Å². The third-order valence-corrected chi connectivity index (χ3v) is 5.30. The minimum atomic E-state index is -0.224. The van der Waals surface area contributed by atoms with Crippen molar-refractivity contribution < 1.29 is 18.7 Å². The second-order valence-electron chi connectivity index (χ2n) is 6.06. The summed E-state index contributed by atoms with van der Waals surface area (Å²) in [6.07, 6.45) is 3.16. The van der Waals surface area contributed by atoms with Gasteiger partial charge in [-0.15, -0.1) is 10.2 Å². The fraction of sp³-hybridized carbons (Fsp3) is 0.529. The van der Waals surface area contributed by atoms with Crippen LogP contribution in [-0.4, -0.2) is 57.0 Å². The van der Waals surface area contributed by atoms with Crippen molar-refractivity contribution in [2.24, 2.45) is 13.0 Å². The number of furan rings is 1. The van der Waals surface area contributed by atoms with Gasteiger partial charge in [-0.25, -0.2) is 0 Å². The summed E-state index contributed by atoms with van der Waals surface area (Å²) in [4.78, 5) is 26.2. The summed E-state index contributed by atoms with van der Waals surface area (Å²) in [7, 11) is 1.84. The van der Waals surface area contributed by atoms with Crippen molar-refractivity contribution in [2.45, 2.75) is 24.9 Å². The SMILES string of the molecule is CCOC(=O)[C@@H]1CCCN(C(=O)CSc2nnc(-c3ccco3)n2C)C1. The van der Waals surface area contributed by atoms with Gasteiger partial charge in [0.05, 0.1) is 24.5 Å². The lowest BCUT2D eigenvalue weighted by molar-refractivity contribution is -0.151. The van der Waals surface area contributed by atoms with Crippen LogP contribution in [0.1, 0.15) is 19.8 Å². The minimum absolute atomic E-state index is 0.00783. The van der Waals surface area contributed by atoms with E-state index in [9.17, 15) is 9.59 Å². The molecule has 1 atom stereocenters. The van der Waals surface area contributed by atoms with Crippen LogP contribution in [0.2, 0.25) is 0 Å². The lowest BCUT2D eigenvalue weighted by Gasteiger charge is -2.31. The molecule has 1 aliphatic rings. The van der Waals surface area contributed by atoms with Crippen molar-refractivity contribution in [3.05, 3.63) is 18.4 Å². The average molecular weight is 378 g/mol. The van der Waals surface area contributed by atoms with Gasteiger partial charge < -0.3 is 18.6 Å². The Hall–Kier alpha value is -2.29. The van der Waals surface area contributed by atoms with E-state index in [4.69, 9.17) is 9.15 Å². The zero-order chi connectivity index (χ0) is 18.5. The number of carbonyl (C=O) groups excluding carboxylic acids is 2. The Morgan fingerprint density at radius 1 is 1.42 bits per heavy atom. The van der Waals surface area contributed by atoms with E-state index in [1.54, 1.807) is 28.7 Å². The van der Waals surface area contributed by atoms with E-state index < -0.39 is 0 Å². The maximum absolute atomic E-state index is 12.5. The molecule has 1 amide bonds. The molecule has 1 aliphatic heterocycles. The van der Waals surface area contributed by atoms with Crippen LogP contribution in [-0.2, 0) is 21.4 Å². The number of piperidine rings is 1. The first kappa shape index (κ1) is 18.5. The van der Waals surface area contributed by atoms with E-state index in [1.165, 1.54) is 11.8 Å². The van der Waals surface area contributed by atoms with Crippen LogP contribution in [0.15, 0.2) is 28.0 Å². The summed E-state index contributed by atoms with van der Waals surface area (Å²) in [5.74, 6) is 1.05. The van der Waals surface area contributed by atoms with Gasteiger partial charge in [-0.3, -0.25) is 9.59 Å². The quantitative estimate of drug-likeness (QED) is 0.561. The van der Waals surface area contributed by atoms with E-state index in [1.807, 2.05) is 13.1 Å². The van der Waals surface area contributed by atoms with Crippen molar-refractivity contribution in [3.63, 3.8) is 0 Å². The van der Waals surface area contributed by atoms with Crippen LogP contribution < -0.4 is 0 Å². The maximum Gasteiger partial charge on any atom is 0.310 e. The smallest absolute Gasteiger partial charge is 0.310 e. The highest BCUT2D eigenvalue weighted by Crippen LogP contribution is 2.24. The molecular formula is C17H22N4O4S. The van der Waals surface area contributed by atoms with Crippen molar-refractivity contribution in [1.82, 2.24) is 19.7 Å². The standard InChI is InChI=1S/C17H22N4O4S/c1-3-24-16(23)12-6-4-8-21(10-12)14(22)11-26-17-19-18-15(20(17)2)13-7-5-9-25-13/h5,7,9,12H,3-4,6,8,10-11H2,1-2H3/t12-/m1/s1. The maximum atomic E-state index is 12.5. The Labute approximate surface area is 155 Å². The van der Waals surface area contributed by atoms with E-state index in [0.29, 0.717) is 36.4 Å². The van der Waals surface area contributed by atoms with Gasteiger partial charge in [0.1, 0.15) is 0 Å². The number of likely N-dealkylation sites (tertiary alicyclic amines) is 1. The molecule has 1 fully saturated rings. The van der Waals surface area contributed by atoms with Gasteiger partial charge in [0.2, 0.25) is 5.91 Å². The summed E-state index contributed by atoms with van der Waals surface area (Å²) in [5.41, 5.74) is 0. The first-order chi connectivity index (χ1) is 12.6. The normalized spacial score (nSPS) is 17.3. The Kier molecular flexibility index (Phi) is 5.97. The molecule has 9 heteroatoms. The lowest BCUT2D eigenvalue weighted by atomic mass is 9.98. The van der Waals surface area contributed by atoms with Crippen LogP contribution >= 0.6 is 11.8 Å². The molecule has 2 aromatic rings. The third kappa shape index (κ3) is 4.09. The number of esters is 1. The van der Waals surface area contributed by atoms with Gasteiger partial charge in [-0.2, -0.15) is 0 Å². The Bertz CT molecular complexity index is 759. The zero-order valence-electron chi connectivity index (χ0n) is 14.9. The molecule has 140 valence electrons. The molecule has 26 heavy (non-hydrogen) atoms. The molecule has 3 heterocycles. The molecule has 0 N–H and O–H groups in total. The molecule has 0 radical (unpaired) electrons. The van der Waals surface area contributed by atoms with E-state index in [0.717, 1.165) is 12.8 Å². The monoisotopic (exact) mass is 378 g/mol. The van der Waals surface area contributed by atoms with Crippen molar-refractivity contribution in [2.75, 3.05) is 25.4 Å². The molecule has 0 bridgehead atoms. The number of thioether (sulfide) groups is 1. The van der Waals surface area contributed by atoms with Gasteiger partial charge >= 0.3 is 5.97 Å². The van der Waals surface area contributed by atoms with E-state index in [2.05, 4.69) is 10.2 Å². The first-order valence-corrected chi connectivity index (χ1v) is 9.59. The molecule has 0 unspecified atom stereocenters. The topological polar surface area (TPSA) is 90.5 Å². The summed E-state index contributed by atoms with van der Waals surface area (Å²) >= 11 is 1.33. The molecule has 8 nitrogen and oxygen atoms in total. The molecule has 0 aromatic carbocycles. The number of amides is 1. The summed E-state index contributed by atoms with van der Waals surface area (Å²) in [6, 6.07) is 3.60. The predicted molar refractivity (Wildman–Crippen MR) is 95.4 cm³/mol. The number of aromatic nitrogens is 3. The summed E-state index contributed by atoms with van der Waals surface area (Å²) in [6.45, 7) is 3.25. The largest absolute Gasteiger partial charge is 0.466 e. The number of nitrogens with zero attached hydrogens (tertiary/aromatic N) is 4. The fourth-order valence-electron chi connectivity index (χ4n) is 2.93. The van der Waals surface area contributed by atoms with Crippen LogP contribution in [0.25, 0.3) is 11.6 Å². The average Bonchev–Trinajstić information content (AvgIpc) is 3.30. The first-order valence-electron chi connectivity index (χ1n) is 8.60. The molecule has 0 aliphatic carbocycles. The second-order valence-corrected chi connectivity index (χ2v) is 7.00. The van der Waals surface area contributed by atoms with Crippen LogP contribution in [0.4, 0.5) is 0 Å². The number of carbonyl (C=O) groups is 2. The van der Waals surface area contributed by atoms with Gasteiger partial charge in [0.25, 0.3) is 0 Å². The predicted octanol–water partition coefficient (Wildman–Crippen LogP) is 1.97. The highest BCUT2D eigenvalue weighted by Gasteiger charge is 2.29. The second kappa shape index (κ2) is 8.39. The molecule has 0 spiro atoms. The highest BCUT2D eigenvalue weighted by atomic mass is 32.2. The lowest BCUT2D eigenvalue weighted by Crippen LogP contribution is -2.43. The Balaban J connectivity index is 1.56. The molecular weight excluding hydrogens is 356 g/mol. The third-order valence-electron chi connectivity index (χ3n) is 4.30. The molecule has 0 saturated carbocycles. The fourth-order valence-corrected chi connectivity index (χ4v) is 3.75. The minimum Gasteiger partial charge on any atom is -0.466 e. The van der Waals surface area contributed by atoms with E-state index in [-0.39, 0.29) is 23.5 Å². The van der Waals surface area contributed by atoms with Crippen LogP contribution in [0, 0.1) is 5.92 Å². The molecule has 1 saturated heterocycles. The van der Waals surface area contributed by atoms with Gasteiger partial charge in [0.15, 0.2) is 16.7 Å². The molecule has 2 aromatic heterocycles. The number of hydrogen-bond acceptors (Lipinski definition) is 7.